The Hall–Kier alpha value is -3.26. The maximum absolute atomic E-state index is 13.0. The number of rotatable bonds is 6. The quantitative estimate of drug-likeness (QED) is 0.577. The highest BCUT2D eigenvalue weighted by Gasteiger charge is 2.28. The maximum atomic E-state index is 13.0. The minimum Gasteiger partial charge on any atom is -0.369 e. The summed E-state index contributed by atoms with van der Waals surface area (Å²) in [6.07, 6.45) is 1.60. The topological polar surface area (TPSA) is 106 Å². The fourth-order valence-corrected chi connectivity index (χ4v) is 3.50. The van der Waals surface area contributed by atoms with E-state index in [0.717, 1.165) is 24.3 Å². The molecule has 1 heterocycles. The van der Waals surface area contributed by atoms with E-state index in [-0.39, 0.29) is 24.3 Å². The molecule has 1 aliphatic rings. The van der Waals surface area contributed by atoms with Gasteiger partial charge in [0.1, 0.15) is 5.82 Å². The van der Waals surface area contributed by atoms with Crippen LogP contribution >= 0.6 is 0 Å². The molecule has 2 aromatic carbocycles. The van der Waals surface area contributed by atoms with Crippen LogP contribution in [0.3, 0.4) is 0 Å². The molecule has 0 radical (unpaired) electrons. The number of hydrogen-bond donors (Lipinski definition) is 4. The van der Waals surface area contributed by atoms with Crippen LogP contribution in [-0.4, -0.2) is 37.4 Å². The van der Waals surface area contributed by atoms with Gasteiger partial charge in [0.2, 0.25) is 5.91 Å². The van der Waals surface area contributed by atoms with Crippen LogP contribution in [-0.2, 0) is 9.59 Å². The second kappa shape index (κ2) is 9.29. The Balaban J connectivity index is 1.63. The molecule has 3 amide bonds. The average molecular weight is 399 g/mol. The highest BCUT2D eigenvalue weighted by atomic mass is 19.1. The first-order valence-corrected chi connectivity index (χ1v) is 9.51. The predicted molar refractivity (Wildman–Crippen MR) is 107 cm³/mol. The summed E-state index contributed by atoms with van der Waals surface area (Å²) in [6, 6.07) is 12.1. The van der Waals surface area contributed by atoms with Crippen LogP contribution in [0.25, 0.3) is 0 Å². The lowest BCUT2D eigenvalue weighted by molar-refractivity contribution is -0.899. The monoisotopic (exact) mass is 399 g/mol. The summed E-state index contributed by atoms with van der Waals surface area (Å²) in [4.78, 5) is 37.5. The summed E-state index contributed by atoms with van der Waals surface area (Å²) in [5.74, 6) is -1.58. The van der Waals surface area contributed by atoms with Crippen LogP contribution in [0.4, 0.5) is 15.8 Å². The van der Waals surface area contributed by atoms with Crippen molar-refractivity contribution >= 4 is 29.1 Å². The zero-order valence-corrected chi connectivity index (χ0v) is 15.9. The third-order valence-corrected chi connectivity index (χ3v) is 4.98. The van der Waals surface area contributed by atoms with Gasteiger partial charge in [-0.25, -0.2) is 4.39 Å². The molecule has 3 rings (SSSR count). The van der Waals surface area contributed by atoms with Crippen molar-refractivity contribution in [3.05, 3.63) is 59.9 Å². The second-order valence-electron chi connectivity index (χ2n) is 7.18. The Kier molecular flexibility index (Phi) is 6.56. The number of anilines is 2. The van der Waals surface area contributed by atoms with E-state index in [1.165, 1.54) is 24.3 Å². The van der Waals surface area contributed by atoms with Crippen LogP contribution in [0, 0.1) is 11.7 Å². The molecule has 0 aromatic heterocycles. The zero-order chi connectivity index (χ0) is 20.8. The number of likely N-dealkylation sites (tertiary alicyclic amines) is 1. The highest BCUT2D eigenvalue weighted by molar-refractivity contribution is 6.10. The van der Waals surface area contributed by atoms with Gasteiger partial charge in [0.15, 0.2) is 6.54 Å². The first-order valence-electron chi connectivity index (χ1n) is 9.51. The Morgan fingerprint density at radius 1 is 1.07 bits per heavy atom. The number of halogens is 1. The third-order valence-electron chi connectivity index (χ3n) is 4.98. The van der Waals surface area contributed by atoms with E-state index < -0.39 is 11.7 Å². The Morgan fingerprint density at radius 2 is 1.79 bits per heavy atom. The second-order valence-corrected chi connectivity index (χ2v) is 7.18. The number of hydrogen-bond acceptors (Lipinski definition) is 3. The van der Waals surface area contributed by atoms with Crippen LogP contribution in [0.5, 0.6) is 0 Å². The average Bonchev–Trinajstić information content (AvgIpc) is 2.70. The van der Waals surface area contributed by atoms with Crippen LogP contribution < -0.4 is 21.3 Å². The minimum atomic E-state index is -0.411. The molecule has 1 aliphatic heterocycles. The van der Waals surface area contributed by atoms with Gasteiger partial charge in [-0.3, -0.25) is 14.4 Å². The molecular weight excluding hydrogens is 375 g/mol. The number of quaternary nitrogens is 1. The van der Waals surface area contributed by atoms with E-state index in [1.807, 2.05) is 0 Å². The van der Waals surface area contributed by atoms with E-state index in [4.69, 9.17) is 5.73 Å². The van der Waals surface area contributed by atoms with E-state index in [1.54, 1.807) is 24.3 Å². The largest absolute Gasteiger partial charge is 0.369 e. The Bertz CT molecular complexity index is 901. The third kappa shape index (κ3) is 5.61. The fraction of sp³-hybridized carbons (Fsp3) is 0.286. The molecule has 8 heteroatoms. The molecule has 0 aliphatic carbocycles. The van der Waals surface area contributed by atoms with E-state index in [0.29, 0.717) is 23.5 Å². The summed E-state index contributed by atoms with van der Waals surface area (Å²) in [7, 11) is 0. The highest BCUT2D eigenvalue weighted by Crippen LogP contribution is 2.17. The summed E-state index contributed by atoms with van der Waals surface area (Å²) in [5.41, 5.74) is 6.53. The number of carbonyl (C=O) groups is 3. The van der Waals surface area contributed by atoms with Crippen molar-refractivity contribution in [3.63, 3.8) is 0 Å². The lowest BCUT2D eigenvalue weighted by Crippen LogP contribution is -3.14. The van der Waals surface area contributed by atoms with Crippen molar-refractivity contribution in [1.82, 2.24) is 0 Å². The van der Waals surface area contributed by atoms with Gasteiger partial charge in [-0.05, 0) is 49.2 Å². The summed E-state index contributed by atoms with van der Waals surface area (Å²) in [6.45, 7) is 1.52. The number of primary amides is 1. The van der Waals surface area contributed by atoms with Crippen LogP contribution in [0.15, 0.2) is 48.5 Å². The lowest BCUT2D eigenvalue weighted by Gasteiger charge is -2.27. The molecule has 2 atom stereocenters. The summed E-state index contributed by atoms with van der Waals surface area (Å²) < 4.78 is 13.0. The lowest BCUT2D eigenvalue weighted by atomic mass is 9.97. The number of benzene rings is 2. The smallest absolute Gasteiger partial charge is 0.279 e. The van der Waals surface area contributed by atoms with E-state index in [9.17, 15) is 18.8 Å². The molecule has 152 valence electrons. The first kappa shape index (κ1) is 20.5. The number of amides is 3. The van der Waals surface area contributed by atoms with Crippen LogP contribution in [0.2, 0.25) is 0 Å². The minimum absolute atomic E-state index is 0.192. The number of nitrogens with two attached hydrogens (primary N) is 1. The van der Waals surface area contributed by atoms with Crippen molar-refractivity contribution in [2.75, 3.05) is 30.3 Å². The number of piperidine rings is 1. The molecule has 29 heavy (non-hydrogen) atoms. The molecular formula is C21H24FN4O3+. The van der Waals surface area contributed by atoms with Gasteiger partial charge in [-0.15, -0.1) is 0 Å². The molecule has 7 nitrogen and oxygen atoms in total. The van der Waals surface area contributed by atoms with Gasteiger partial charge < -0.3 is 21.3 Å². The number of para-hydroxylation sites is 1. The van der Waals surface area contributed by atoms with Gasteiger partial charge in [0.25, 0.3) is 11.8 Å². The van der Waals surface area contributed by atoms with Crippen LogP contribution in [0.1, 0.15) is 23.2 Å². The molecule has 1 unspecified atom stereocenters. The molecule has 1 saturated heterocycles. The molecule has 0 bridgehead atoms. The van der Waals surface area contributed by atoms with Gasteiger partial charge in [-0.2, -0.15) is 0 Å². The van der Waals surface area contributed by atoms with E-state index in [2.05, 4.69) is 10.6 Å². The summed E-state index contributed by atoms with van der Waals surface area (Å²) >= 11 is 0. The standard InChI is InChI=1S/C21H23FN4O3/c22-15-7-9-16(10-8-15)24-21(29)17-5-1-2-6-18(17)25-19(27)13-26-11-3-4-14(12-26)20(23)28/h1-2,5-10,14H,3-4,11-13H2,(H2,23,28)(H,24,29)(H,25,27)/p+1/t14-/m0/s1. The molecule has 5 N–H and O–H groups in total. The molecule has 0 spiro atoms. The summed E-state index contributed by atoms with van der Waals surface area (Å²) in [5, 5.41) is 5.47. The van der Waals surface area contributed by atoms with Gasteiger partial charge >= 0.3 is 0 Å². The van der Waals surface area contributed by atoms with Crippen molar-refractivity contribution < 1.29 is 23.7 Å². The van der Waals surface area contributed by atoms with Gasteiger partial charge in [0.05, 0.1) is 30.3 Å². The van der Waals surface area contributed by atoms with Crippen molar-refractivity contribution in [1.29, 1.82) is 0 Å². The Labute approximate surface area is 168 Å². The molecule has 1 fully saturated rings. The SMILES string of the molecule is NC(=O)[C@H]1CCC[NH+](CC(=O)Nc2ccccc2C(=O)Nc2ccc(F)cc2)C1. The van der Waals surface area contributed by atoms with E-state index >= 15 is 0 Å². The van der Waals surface area contributed by atoms with Crippen molar-refractivity contribution in [2.45, 2.75) is 12.8 Å². The van der Waals surface area contributed by atoms with Crippen molar-refractivity contribution in [2.24, 2.45) is 11.7 Å². The van der Waals surface area contributed by atoms with Gasteiger partial charge in [-0.1, -0.05) is 12.1 Å². The zero-order valence-electron chi connectivity index (χ0n) is 15.9. The van der Waals surface area contributed by atoms with Gasteiger partial charge in [0, 0.05) is 5.69 Å². The predicted octanol–water partition coefficient (Wildman–Crippen LogP) is 0.797. The molecule has 0 saturated carbocycles. The maximum Gasteiger partial charge on any atom is 0.279 e. The normalized spacial score (nSPS) is 18.7. The first-order chi connectivity index (χ1) is 13.9. The fourth-order valence-electron chi connectivity index (χ4n) is 3.50. The Morgan fingerprint density at radius 3 is 2.52 bits per heavy atom. The molecule has 2 aromatic rings. The number of nitrogens with one attached hydrogen (secondary N) is 3. The van der Waals surface area contributed by atoms with Crippen molar-refractivity contribution in [3.8, 4) is 0 Å². The number of carbonyl (C=O) groups excluding carboxylic acids is 3.